The zero-order chi connectivity index (χ0) is 11.6. The first-order chi connectivity index (χ1) is 7.57. The van der Waals surface area contributed by atoms with Gasteiger partial charge in [-0.25, -0.2) is 0 Å². The van der Waals surface area contributed by atoms with Gasteiger partial charge in [-0.3, -0.25) is 0 Å². The van der Waals surface area contributed by atoms with Gasteiger partial charge < -0.3 is 0 Å². The summed E-state index contributed by atoms with van der Waals surface area (Å²) in [6, 6.07) is 0. The van der Waals surface area contributed by atoms with Crippen LogP contribution in [-0.2, 0) is 0 Å². The van der Waals surface area contributed by atoms with E-state index in [1.807, 2.05) is 0 Å². The lowest BCUT2D eigenvalue weighted by Crippen LogP contribution is -2.40. The molecule has 0 bridgehead atoms. The Morgan fingerprint density at radius 3 is 1.25 bits per heavy atom. The molecular formula is C16H30. The molecule has 0 saturated heterocycles. The van der Waals surface area contributed by atoms with Crippen LogP contribution in [0.4, 0.5) is 0 Å². The van der Waals surface area contributed by atoms with E-state index >= 15 is 0 Å². The van der Waals surface area contributed by atoms with Crippen LogP contribution in [0.5, 0.6) is 0 Å². The van der Waals surface area contributed by atoms with Crippen LogP contribution in [0.2, 0.25) is 0 Å². The van der Waals surface area contributed by atoms with Crippen LogP contribution in [0.25, 0.3) is 0 Å². The Labute approximate surface area is 102 Å². The Morgan fingerprint density at radius 1 is 0.625 bits per heavy atom. The maximum atomic E-state index is 2.58. The second kappa shape index (κ2) is 4.70. The molecule has 0 aliphatic heterocycles. The molecular weight excluding hydrogens is 192 g/mol. The molecule has 0 aromatic rings. The maximum Gasteiger partial charge on any atom is -0.0295 e. The van der Waals surface area contributed by atoms with Crippen molar-refractivity contribution in [1.29, 1.82) is 0 Å². The van der Waals surface area contributed by atoms with Crippen LogP contribution in [0, 0.1) is 16.7 Å². The Morgan fingerprint density at radius 2 is 0.938 bits per heavy atom. The second-order valence-electron chi connectivity index (χ2n) is 7.15. The average molecular weight is 222 g/mol. The summed E-state index contributed by atoms with van der Waals surface area (Å²) in [7, 11) is 0. The third-order valence-corrected chi connectivity index (χ3v) is 6.08. The highest BCUT2D eigenvalue weighted by Crippen LogP contribution is 2.54. The molecule has 0 unspecified atom stereocenters. The van der Waals surface area contributed by atoms with Crippen LogP contribution >= 0.6 is 0 Å². The van der Waals surface area contributed by atoms with Crippen molar-refractivity contribution < 1.29 is 0 Å². The number of hydrogen-bond acceptors (Lipinski definition) is 0. The van der Waals surface area contributed by atoms with Gasteiger partial charge in [0.2, 0.25) is 0 Å². The van der Waals surface area contributed by atoms with Gasteiger partial charge in [0.25, 0.3) is 0 Å². The molecule has 16 heavy (non-hydrogen) atoms. The van der Waals surface area contributed by atoms with Crippen molar-refractivity contribution >= 4 is 0 Å². The minimum absolute atomic E-state index is 0.657. The first-order valence-corrected chi connectivity index (χ1v) is 7.57. The van der Waals surface area contributed by atoms with E-state index < -0.39 is 0 Å². The predicted octanol–water partition coefficient (Wildman–Crippen LogP) is 5.56. The third kappa shape index (κ3) is 2.31. The Kier molecular flexibility index (Phi) is 3.66. The van der Waals surface area contributed by atoms with E-state index in [9.17, 15) is 0 Å². The summed E-state index contributed by atoms with van der Waals surface area (Å²) in [5.41, 5.74) is 1.31. The lowest BCUT2D eigenvalue weighted by Gasteiger charge is -2.50. The lowest BCUT2D eigenvalue weighted by atomic mass is 9.55. The van der Waals surface area contributed by atoms with E-state index in [2.05, 4.69) is 20.8 Å². The monoisotopic (exact) mass is 222 g/mol. The van der Waals surface area contributed by atoms with E-state index in [0.717, 1.165) is 5.92 Å². The SMILES string of the molecule is CC(C1(C)CCCCC1)C1(C)CCCCC1. The lowest BCUT2D eigenvalue weighted by molar-refractivity contribution is 0.00402. The fourth-order valence-electron chi connectivity index (χ4n) is 4.43. The summed E-state index contributed by atoms with van der Waals surface area (Å²) < 4.78 is 0. The summed E-state index contributed by atoms with van der Waals surface area (Å²) in [6.45, 7) is 7.73. The molecule has 0 heterocycles. The molecule has 0 radical (unpaired) electrons. The molecule has 0 aromatic carbocycles. The number of hydrogen-bond donors (Lipinski definition) is 0. The molecule has 0 nitrogen and oxygen atoms in total. The molecule has 2 aliphatic rings. The Bertz CT molecular complexity index is 192. The van der Waals surface area contributed by atoms with E-state index in [-0.39, 0.29) is 0 Å². The highest BCUT2D eigenvalue weighted by molar-refractivity contribution is 4.93. The molecule has 2 saturated carbocycles. The molecule has 2 rings (SSSR count). The normalized spacial score (nSPS) is 29.2. The summed E-state index contributed by atoms with van der Waals surface area (Å²) in [5.74, 6) is 0.931. The summed E-state index contributed by atoms with van der Waals surface area (Å²) >= 11 is 0. The zero-order valence-electron chi connectivity index (χ0n) is 11.6. The Hall–Kier alpha value is 0. The van der Waals surface area contributed by atoms with Crippen molar-refractivity contribution in [2.24, 2.45) is 16.7 Å². The van der Waals surface area contributed by atoms with Gasteiger partial charge in [0.15, 0.2) is 0 Å². The molecule has 0 aromatic heterocycles. The smallest absolute Gasteiger partial charge is 0.0295 e. The minimum Gasteiger partial charge on any atom is -0.0615 e. The highest BCUT2D eigenvalue weighted by Gasteiger charge is 2.43. The van der Waals surface area contributed by atoms with E-state index in [4.69, 9.17) is 0 Å². The van der Waals surface area contributed by atoms with Gasteiger partial charge in [-0.05, 0) is 42.4 Å². The molecule has 2 aliphatic carbocycles. The average Bonchev–Trinajstić information content (AvgIpc) is 2.30. The summed E-state index contributed by atoms with van der Waals surface area (Å²) in [5, 5.41) is 0. The molecule has 0 N–H and O–H groups in total. The molecule has 0 spiro atoms. The van der Waals surface area contributed by atoms with Crippen LogP contribution in [0.15, 0.2) is 0 Å². The van der Waals surface area contributed by atoms with Crippen molar-refractivity contribution in [3.63, 3.8) is 0 Å². The van der Waals surface area contributed by atoms with Crippen molar-refractivity contribution in [3.05, 3.63) is 0 Å². The van der Waals surface area contributed by atoms with Gasteiger partial charge in [-0.15, -0.1) is 0 Å². The largest absolute Gasteiger partial charge is 0.0615 e. The molecule has 0 atom stereocenters. The van der Waals surface area contributed by atoms with Crippen LogP contribution in [0.1, 0.15) is 85.0 Å². The zero-order valence-corrected chi connectivity index (χ0v) is 11.6. The molecule has 0 amide bonds. The van der Waals surface area contributed by atoms with Gasteiger partial charge >= 0.3 is 0 Å². The van der Waals surface area contributed by atoms with Gasteiger partial charge in [0.1, 0.15) is 0 Å². The van der Waals surface area contributed by atoms with Crippen LogP contribution < -0.4 is 0 Å². The van der Waals surface area contributed by atoms with Gasteiger partial charge in [-0.1, -0.05) is 59.3 Å². The number of rotatable bonds is 2. The highest BCUT2D eigenvalue weighted by atomic mass is 14.5. The quantitative estimate of drug-likeness (QED) is 0.573. The standard InChI is InChI=1S/C16H30/c1-14(15(2)10-6-4-7-11-15)16(3)12-8-5-9-13-16/h14H,4-13H2,1-3H3. The van der Waals surface area contributed by atoms with E-state index in [0.29, 0.717) is 10.8 Å². The first kappa shape index (κ1) is 12.5. The second-order valence-corrected chi connectivity index (χ2v) is 7.15. The van der Waals surface area contributed by atoms with Crippen molar-refractivity contribution in [2.75, 3.05) is 0 Å². The van der Waals surface area contributed by atoms with Gasteiger partial charge in [0, 0.05) is 0 Å². The summed E-state index contributed by atoms with van der Waals surface area (Å²) in [4.78, 5) is 0. The van der Waals surface area contributed by atoms with Gasteiger partial charge in [-0.2, -0.15) is 0 Å². The molecule has 2 fully saturated rings. The third-order valence-electron chi connectivity index (χ3n) is 6.08. The minimum atomic E-state index is 0.657. The fraction of sp³-hybridized carbons (Fsp3) is 1.00. The first-order valence-electron chi connectivity index (χ1n) is 7.57. The predicted molar refractivity (Wildman–Crippen MR) is 71.5 cm³/mol. The van der Waals surface area contributed by atoms with Crippen molar-refractivity contribution in [2.45, 2.75) is 85.0 Å². The Balaban J connectivity index is 2.06. The van der Waals surface area contributed by atoms with Gasteiger partial charge in [0.05, 0.1) is 0 Å². The molecule has 94 valence electrons. The topological polar surface area (TPSA) is 0 Å². The van der Waals surface area contributed by atoms with E-state index in [1.54, 1.807) is 0 Å². The van der Waals surface area contributed by atoms with Crippen LogP contribution in [0.3, 0.4) is 0 Å². The fourth-order valence-corrected chi connectivity index (χ4v) is 4.43. The van der Waals surface area contributed by atoms with Crippen molar-refractivity contribution in [1.82, 2.24) is 0 Å². The maximum absolute atomic E-state index is 2.58. The van der Waals surface area contributed by atoms with Crippen LogP contribution in [-0.4, -0.2) is 0 Å². The van der Waals surface area contributed by atoms with Crippen molar-refractivity contribution in [3.8, 4) is 0 Å². The van der Waals surface area contributed by atoms with E-state index in [1.165, 1.54) is 64.2 Å². The summed E-state index contributed by atoms with van der Waals surface area (Å²) in [6.07, 6.45) is 14.9. The molecule has 0 heteroatoms.